The molecule has 1 aromatic heterocycles. The van der Waals surface area contributed by atoms with Crippen LogP contribution in [0.15, 0.2) is 17.1 Å². The molecule has 0 radical (unpaired) electrons. The molecule has 6 atom stereocenters. The Bertz CT molecular complexity index is 1100. The van der Waals surface area contributed by atoms with E-state index >= 15 is 0 Å². The summed E-state index contributed by atoms with van der Waals surface area (Å²) in [5.41, 5.74) is 4.18. The van der Waals surface area contributed by atoms with Crippen LogP contribution >= 0.6 is 19.5 Å². The topological polar surface area (TPSA) is 202 Å². The summed E-state index contributed by atoms with van der Waals surface area (Å²) >= 11 is 1.01. The van der Waals surface area contributed by atoms with Crippen LogP contribution < -0.4 is 16.5 Å². The monoisotopic (exact) mass is 594 g/mol. The molecular weight excluding hydrogens is 555 g/mol. The van der Waals surface area contributed by atoms with E-state index in [1.807, 2.05) is 0 Å². The Hall–Kier alpha value is -1.84. The van der Waals surface area contributed by atoms with Gasteiger partial charge in [0.2, 0.25) is 0 Å². The van der Waals surface area contributed by atoms with Gasteiger partial charge in [-0.05, 0) is 26.8 Å². The number of ether oxygens (including phenoxy) is 2. The number of nitrogens with two attached hydrogens (primary N) is 1. The first kappa shape index (κ1) is 33.4. The maximum absolute atomic E-state index is 13.6. The zero-order valence-electron chi connectivity index (χ0n) is 22.9. The van der Waals surface area contributed by atoms with E-state index in [0.717, 1.165) is 16.3 Å². The number of hydrogen-bond acceptors (Lipinski definition) is 13. The quantitative estimate of drug-likeness (QED) is 0.143. The number of hydrogen-bond donors (Lipinski definition) is 4. The summed E-state index contributed by atoms with van der Waals surface area (Å²) in [6.07, 6.45) is -2.69. The van der Waals surface area contributed by atoms with Gasteiger partial charge in [-0.15, -0.1) is 0 Å². The lowest BCUT2D eigenvalue weighted by molar-refractivity contribution is -0.149. The van der Waals surface area contributed by atoms with Crippen LogP contribution in [0.4, 0.5) is 5.82 Å². The molecule has 0 aliphatic carbocycles. The van der Waals surface area contributed by atoms with E-state index in [2.05, 4.69) is 10.1 Å². The normalized spacial score (nSPS) is 23.9. The van der Waals surface area contributed by atoms with Crippen LogP contribution in [-0.4, -0.2) is 80.8 Å². The minimum Gasteiger partial charge on any atom is -0.462 e. The van der Waals surface area contributed by atoms with Gasteiger partial charge in [0.25, 0.3) is 0 Å². The van der Waals surface area contributed by atoms with E-state index < -0.39 is 74.5 Å². The Morgan fingerprint density at radius 1 is 1.31 bits per heavy atom. The van der Waals surface area contributed by atoms with Gasteiger partial charge in [-0.1, -0.05) is 32.5 Å². The first-order chi connectivity index (χ1) is 18.1. The summed E-state index contributed by atoms with van der Waals surface area (Å²) in [5.74, 6) is -1.45. The van der Waals surface area contributed by atoms with E-state index in [9.17, 15) is 29.2 Å². The van der Waals surface area contributed by atoms with Crippen molar-refractivity contribution in [1.29, 1.82) is 0 Å². The lowest BCUT2D eigenvalue weighted by Crippen LogP contribution is -2.37. The molecule has 1 aliphatic heterocycles. The van der Waals surface area contributed by atoms with E-state index in [1.165, 1.54) is 19.2 Å². The van der Waals surface area contributed by atoms with E-state index in [-0.39, 0.29) is 23.3 Å². The van der Waals surface area contributed by atoms with Crippen LogP contribution in [-0.2, 0) is 32.7 Å². The zero-order valence-corrected chi connectivity index (χ0v) is 24.6. The molecular formula is C23H39N4O10PS. The highest BCUT2D eigenvalue weighted by atomic mass is 32.2. The van der Waals surface area contributed by atoms with Crippen molar-refractivity contribution in [3.63, 3.8) is 0 Å². The number of aromatic nitrogens is 2. The summed E-state index contributed by atoms with van der Waals surface area (Å²) in [6.45, 7) is 8.93. The van der Waals surface area contributed by atoms with Gasteiger partial charge >= 0.3 is 19.4 Å². The van der Waals surface area contributed by atoms with Crippen molar-refractivity contribution < 1.29 is 42.9 Å². The van der Waals surface area contributed by atoms with E-state index in [4.69, 9.17) is 24.3 Å². The van der Waals surface area contributed by atoms with Gasteiger partial charge in [-0.3, -0.25) is 23.2 Å². The number of nitrogen functional groups attached to an aromatic ring is 1. The number of nitrogens with one attached hydrogen (secondary N) is 1. The van der Waals surface area contributed by atoms with Gasteiger partial charge < -0.3 is 25.4 Å². The van der Waals surface area contributed by atoms with Crippen LogP contribution in [0.3, 0.4) is 0 Å². The van der Waals surface area contributed by atoms with Crippen molar-refractivity contribution in [1.82, 2.24) is 14.6 Å². The Morgan fingerprint density at radius 3 is 2.54 bits per heavy atom. The average Bonchev–Trinajstić information content (AvgIpc) is 3.14. The molecule has 0 spiro atoms. The molecule has 0 aromatic carbocycles. The number of carbonyl (C=O) groups is 2. The van der Waals surface area contributed by atoms with E-state index in [1.54, 1.807) is 34.6 Å². The summed E-state index contributed by atoms with van der Waals surface area (Å²) in [4.78, 5) is 40.4. The third-order valence-electron chi connectivity index (χ3n) is 5.52. The molecule has 1 aliphatic rings. The van der Waals surface area contributed by atoms with Crippen LogP contribution in [0.2, 0.25) is 0 Å². The van der Waals surface area contributed by atoms with Crippen molar-refractivity contribution in [2.45, 2.75) is 72.1 Å². The van der Waals surface area contributed by atoms with Gasteiger partial charge in [0.15, 0.2) is 11.3 Å². The Balaban J connectivity index is 2.15. The lowest BCUT2D eigenvalue weighted by atomic mass is 9.99. The predicted octanol–water partition coefficient (Wildman–Crippen LogP) is 1.07. The second-order valence-electron chi connectivity index (χ2n) is 10.3. The number of aliphatic hydroxyl groups excluding tert-OH is 2. The highest BCUT2D eigenvalue weighted by Gasteiger charge is 2.46. The minimum atomic E-state index is -4.21. The minimum absolute atomic E-state index is 0.0148. The van der Waals surface area contributed by atoms with Crippen LogP contribution in [0.5, 0.6) is 0 Å². The van der Waals surface area contributed by atoms with Gasteiger partial charge in [0.1, 0.15) is 18.0 Å². The molecule has 2 heterocycles. The van der Waals surface area contributed by atoms with Crippen molar-refractivity contribution >= 4 is 36.4 Å². The van der Waals surface area contributed by atoms with Crippen molar-refractivity contribution in [2.75, 3.05) is 31.3 Å². The Labute approximate surface area is 231 Å². The fourth-order valence-corrected chi connectivity index (χ4v) is 5.83. The largest absolute Gasteiger partial charge is 0.462 e. The summed E-state index contributed by atoms with van der Waals surface area (Å²) in [6, 6.07) is 0.263. The number of esters is 1. The summed E-state index contributed by atoms with van der Waals surface area (Å²) in [7, 11) is -4.21. The molecule has 1 fully saturated rings. The number of carbonyl (C=O) groups excluding carboxylic acids is 2. The maximum Gasteiger partial charge on any atom is 0.406 e. The standard InChI is InChI=1S/C23H39N4O10PS/c1-13(2)36-20(30)14(3)26-38(33,34-9-10-39-21(31)23(4,5)6)35-12-16-15(11-28)18(29)19(37-16)27-8-7-17(24)25-22(27)32/h7-8,13-16,18-19,28-29H,9-12H2,1-6H3,(H,26,33)(H2,24,25,32). The molecule has 14 nitrogen and oxygen atoms in total. The number of rotatable bonds is 13. The highest BCUT2D eigenvalue weighted by Crippen LogP contribution is 2.46. The fraction of sp³-hybridized carbons (Fsp3) is 0.739. The number of aliphatic hydroxyl groups is 2. The van der Waals surface area contributed by atoms with Crippen LogP contribution in [0.25, 0.3) is 0 Å². The molecule has 39 heavy (non-hydrogen) atoms. The molecule has 16 heteroatoms. The fourth-order valence-electron chi connectivity index (χ4n) is 3.45. The van der Waals surface area contributed by atoms with Crippen molar-refractivity contribution in [3.05, 3.63) is 22.7 Å². The van der Waals surface area contributed by atoms with E-state index in [0.29, 0.717) is 0 Å². The van der Waals surface area contributed by atoms with Gasteiger partial charge in [-0.2, -0.15) is 4.98 Å². The molecule has 1 aromatic rings. The highest BCUT2D eigenvalue weighted by molar-refractivity contribution is 8.13. The van der Waals surface area contributed by atoms with Gasteiger partial charge in [0.05, 0.1) is 32.0 Å². The average molecular weight is 595 g/mol. The molecule has 0 amide bonds. The smallest absolute Gasteiger partial charge is 0.406 e. The Kier molecular flexibility index (Phi) is 12.1. The summed E-state index contributed by atoms with van der Waals surface area (Å²) in [5, 5.41) is 23.0. The molecule has 222 valence electrons. The molecule has 6 unspecified atom stereocenters. The van der Waals surface area contributed by atoms with Crippen molar-refractivity contribution in [3.8, 4) is 0 Å². The lowest BCUT2D eigenvalue weighted by Gasteiger charge is -2.25. The first-order valence-electron chi connectivity index (χ1n) is 12.4. The zero-order chi connectivity index (χ0) is 29.5. The SMILES string of the molecule is CC(C)OC(=O)C(C)NP(=O)(OCCSC(=O)C(C)(C)C)OCC1OC(n2ccc(N)nc2=O)C(O)C1CO. The molecule has 0 saturated carbocycles. The molecule has 1 saturated heterocycles. The van der Waals surface area contributed by atoms with Crippen LogP contribution in [0, 0.1) is 11.3 Å². The number of nitrogens with zero attached hydrogens (tertiary/aromatic N) is 2. The third kappa shape index (κ3) is 9.64. The second-order valence-corrected chi connectivity index (χ2v) is 13.1. The Morgan fingerprint density at radius 2 is 1.97 bits per heavy atom. The predicted molar refractivity (Wildman–Crippen MR) is 144 cm³/mol. The molecule has 5 N–H and O–H groups in total. The third-order valence-corrected chi connectivity index (χ3v) is 8.48. The second kappa shape index (κ2) is 14.2. The van der Waals surface area contributed by atoms with Crippen molar-refractivity contribution in [2.24, 2.45) is 11.3 Å². The molecule has 2 rings (SSSR count). The number of thioether (sulfide) groups is 1. The van der Waals surface area contributed by atoms with Gasteiger partial charge in [-0.25, -0.2) is 14.4 Å². The first-order valence-corrected chi connectivity index (χ1v) is 14.9. The molecule has 0 bridgehead atoms. The van der Waals surface area contributed by atoms with Crippen LogP contribution in [0.1, 0.15) is 47.8 Å². The maximum atomic E-state index is 13.6. The summed E-state index contributed by atoms with van der Waals surface area (Å²) < 4.78 is 36.6. The number of anilines is 1. The van der Waals surface area contributed by atoms with Gasteiger partial charge in [0, 0.05) is 23.3 Å².